The van der Waals surface area contributed by atoms with Crippen LogP contribution in [0.25, 0.3) is 0 Å². The van der Waals surface area contributed by atoms with E-state index in [1.54, 1.807) is 0 Å². The number of cyclic esters (lactones) is 1. The van der Waals surface area contributed by atoms with Crippen LogP contribution in [0.1, 0.15) is 6.42 Å². The summed E-state index contributed by atoms with van der Waals surface area (Å²) in [7, 11) is 0. The van der Waals surface area contributed by atoms with Gasteiger partial charge in [-0.1, -0.05) is 0 Å². The van der Waals surface area contributed by atoms with Crippen LogP contribution in [0.15, 0.2) is 0 Å². The van der Waals surface area contributed by atoms with Crippen LogP contribution in [0.3, 0.4) is 0 Å². The normalized spacial score (nSPS) is 21.0. The smallest absolute Gasteiger partial charge is 0.310 e. The summed E-state index contributed by atoms with van der Waals surface area (Å²) in [6.07, 6.45) is 2.15. The molecule has 1 aliphatic rings. The van der Waals surface area contributed by atoms with Gasteiger partial charge in [0.2, 0.25) is 0 Å². The van der Waals surface area contributed by atoms with Crippen LogP contribution in [0.5, 0.6) is 0 Å². The average Bonchev–Trinajstić information content (AvgIpc) is 1.86. The first-order valence-electron chi connectivity index (χ1n) is 1.75. The molecule has 32 valence electrons. The monoisotopic (exact) mass is 84.0 g/mol. The molecule has 0 spiro atoms. The van der Waals surface area contributed by atoms with Crippen LogP contribution in [0.4, 0.5) is 0 Å². The lowest BCUT2D eigenvalue weighted by atomic mass is 10.4. The van der Waals surface area contributed by atoms with Crippen molar-refractivity contribution in [2.45, 2.75) is 6.42 Å². The molecule has 2 heteroatoms. The average molecular weight is 84.1 g/mol. The highest BCUT2D eigenvalue weighted by molar-refractivity contribution is 5.81. The number of carbonyl (C=O) groups is 1. The van der Waals surface area contributed by atoms with Crippen LogP contribution < -0.4 is 0 Å². The molecular weight excluding hydrogens is 80.0 g/mol. The summed E-state index contributed by atoms with van der Waals surface area (Å²) < 4.78 is 4.33. The van der Waals surface area contributed by atoms with E-state index in [1.807, 2.05) is 0 Å². The van der Waals surface area contributed by atoms with Crippen LogP contribution in [-0.2, 0) is 9.53 Å². The van der Waals surface area contributed by atoms with Gasteiger partial charge in [-0.15, -0.1) is 0 Å². The zero-order valence-corrected chi connectivity index (χ0v) is 3.18. The minimum Gasteiger partial charge on any atom is -0.458 e. The molecule has 1 rings (SSSR count). The minimum absolute atomic E-state index is 0.227. The number of hydrogen-bond donors (Lipinski definition) is 0. The Morgan fingerprint density at radius 3 is 2.83 bits per heavy atom. The third-order valence-electron chi connectivity index (χ3n) is 0.580. The Balaban J connectivity index is 2.37. The van der Waals surface area contributed by atoms with Crippen molar-refractivity contribution in [1.82, 2.24) is 0 Å². The van der Waals surface area contributed by atoms with E-state index in [0.29, 0.717) is 6.42 Å². The van der Waals surface area contributed by atoms with E-state index in [2.05, 4.69) is 4.74 Å². The fourth-order valence-electron chi connectivity index (χ4n) is 0.323. The molecule has 2 radical (unpaired) electrons. The first-order valence-corrected chi connectivity index (χ1v) is 1.75. The molecule has 0 aromatic carbocycles. The molecule has 6 heavy (non-hydrogen) atoms. The van der Waals surface area contributed by atoms with Gasteiger partial charge in [-0.25, -0.2) is 0 Å². The van der Waals surface area contributed by atoms with E-state index in [9.17, 15) is 4.79 Å². The molecule has 0 aromatic rings. The highest BCUT2D eigenvalue weighted by Gasteiger charge is 2.10. The highest BCUT2D eigenvalue weighted by atomic mass is 16.5. The Kier molecular flexibility index (Phi) is 0.783. The van der Waals surface area contributed by atoms with Crippen molar-refractivity contribution < 1.29 is 9.53 Å². The maximum atomic E-state index is 9.93. The zero-order valence-electron chi connectivity index (χ0n) is 3.18. The second kappa shape index (κ2) is 1.29. The van der Waals surface area contributed by atoms with Gasteiger partial charge in [-0.2, -0.15) is 0 Å². The van der Waals surface area contributed by atoms with Crippen molar-refractivity contribution in [1.29, 1.82) is 0 Å². The number of ether oxygens (including phenoxy) is 1. The largest absolute Gasteiger partial charge is 0.458 e. The lowest BCUT2D eigenvalue weighted by Gasteiger charge is -1.79. The summed E-state index contributed by atoms with van der Waals surface area (Å²) in [4.78, 5) is 9.93. The van der Waals surface area contributed by atoms with Gasteiger partial charge in [0.05, 0.1) is 6.42 Å². The summed E-state index contributed by atoms with van der Waals surface area (Å²) >= 11 is 0. The van der Waals surface area contributed by atoms with Crippen LogP contribution in [0, 0.1) is 13.0 Å². The number of carbonyl (C=O) groups excluding carboxylic acids is 1. The summed E-state index contributed by atoms with van der Waals surface area (Å²) in [6.45, 7) is 1.47. The number of rotatable bonds is 0. The van der Waals surface area contributed by atoms with Crippen LogP contribution >= 0.6 is 0 Å². The number of esters is 1. The van der Waals surface area contributed by atoms with Gasteiger partial charge >= 0.3 is 5.97 Å². The third kappa shape index (κ3) is 0.506. The van der Waals surface area contributed by atoms with Crippen molar-refractivity contribution in [3.8, 4) is 0 Å². The van der Waals surface area contributed by atoms with Crippen molar-refractivity contribution in [3.63, 3.8) is 0 Å². The summed E-state index contributed by atoms with van der Waals surface area (Å²) in [5, 5.41) is 0. The van der Waals surface area contributed by atoms with Crippen molar-refractivity contribution >= 4 is 5.97 Å². The lowest BCUT2D eigenvalue weighted by molar-refractivity contribution is -0.133. The Morgan fingerprint density at radius 2 is 2.67 bits per heavy atom. The third-order valence-corrected chi connectivity index (χ3v) is 0.580. The van der Waals surface area contributed by atoms with E-state index in [1.165, 1.54) is 13.0 Å². The van der Waals surface area contributed by atoms with Crippen LogP contribution in [-0.4, -0.2) is 5.97 Å². The first kappa shape index (κ1) is 3.65. The molecule has 0 aromatic heterocycles. The topological polar surface area (TPSA) is 26.3 Å². The van der Waals surface area contributed by atoms with E-state index < -0.39 is 0 Å². The van der Waals surface area contributed by atoms with Gasteiger partial charge in [-0.05, 0) is 0 Å². The molecule has 0 N–H and O–H groups in total. The van der Waals surface area contributed by atoms with Gasteiger partial charge in [0.15, 0.2) is 0 Å². The molecule has 1 heterocycles. The molecule has 0 saturated carbocycles. The fourth-order valence-corrected chi connectivity index (χ4v) is 0.323. The molecular formula is C4H4O2. The van der Waals surface area contributed by atoms with Crippen molar-refractivity contribution in [2.75, 3.05) is 0 Å². The Morgan fingerprint density at radius 1 is 1.83 bits per heavy atom. The molecule has 2 nitrogen and oxygen atoms in total. The maximum Gasteiger partial charge on any atom is 0.310 e. The molecule has 0 unspecified atom stereocenters. The fraction of sp³-hybridized carbons (Fsp3) is 0.250. The Hall–Kier alpha value is -0.530. The van der Waals surface area contributed by atoms with Gasteiger partial charge in [0.25, 0.3) is 0 Å². The van der Waals surface area contributed by atoms with Gasteiger partial charge in [-0.3, -0.25) is 4.79 Å². The molecule has 0 aliphatic carbocycles. The summed E-state index contributed by atoms with van der Waals surface area (Å²) in [5.74, 6) is -0.227. The van der Waals surface area contributed by atoms with E-state index in [4.69, 9.17) is 0 Å². The van der Waals surface area contributed by atoms with Gasteiger partial charge in [0.1, 0.15) is 6.61 Å². The predicted molar refractivity (Wildman–Crippen MR) is 19.3 cm³/mol. The van der Waals surface area contributed by atoms with E-state index >= 15 is 0 Å². The molecule has 0 bridgehead atoms. The Bertz CT molecular complexity index is 59.9. The SMILES string of the molecule is O=C1[CH]C[CH]O1. The van der Waals surface area contributed by atoms with Crippen molar-refractivity contribution in [2.24, 2.45) is 0 Å². The van der Waals surface area contributed by atoms with Gasteiger partial charge < -0.3 is 4.74 Å². The van der Waals surface area contributed by atoms with E-state index in [0.717, 1.165) is 0 Å². The zero-order chi connectivity index (χ0) is 4.41. The van der Waals surface area contributed by atoms with Crippen LogP contribution in [0.2, 0.25) is 0 Å². The minimum atomic E-state index is -0.227. The lowest BCUT2D eigenvalue weighted by Crippen LogP contribution is -1.87. The number of hydrogen-bond acceptors (Lipinski definition) is 2. The molecule has 1 aliphatic heterocycles. The molecule has 1 saturated heterocycles. The Labute approximate surface area is 36.1 Å². The summed E-state index contributed by atoms with van der Waals surface area (Å²) in [5.41, 5.74) is 0. The second-order valence-electron chi connectivity index (χ2n) is 1.04. The predicted octanol–water partition coefficient (Wildman–Crippen LogP) is 0.299. The highest BCUT2D eigenvalue weighted by Crippen LogP contribution is 2.04. The standard InChI is InChI=1S/C4H4O2/c5-4-2-1-3-6-4/h2-3H,1H2. The quantitative estimate of drug-likeness (QED) is 0.394. The maximum absolute atomic E-state index is 9.93. The first-order chi connectivity index (χ1) is 2.89. The summed E-state index contributed by atoms with van der Waals surface area (Å²) in [6, 6.07) is 0. The molecule has 1 fully saturated rings. The second-order valence-corrected chi connectivity index (χ2v) is 1.04. The van der Waals surface area contributed by atoms with Gasteiger partial charge in [0, 0.05) is 6.42 Å². The van der Waals surface area contributed by atoms with Crippen molar-refractivity contribution in [3.05, 3.63) is 13.0 Å². The molecule has 0 amide bonds. The van der Waals surface area contributed by atoms with E-state index in [-0.39, 0.29) is 5.97 Å². The molecule has 0 atom stereocenters.